The second-order valence-corrected chi connectivity index (χ2v) is 7.78. The molecule has 5 rings (SSSR count). The summed E-state index contributed by atoms with van der Waals surface area (Å²) in [6.07, 6.45) is 8.62. The van der Waals surface area contributed by atoms with Crippen LogP contribution in [0, 0.1) is 5.82 Å². The summed E-state index contributed by atoms with van der Waals surface area (Å²) in [6.45, 7) is 2.86. The third-order valence-corrected chi connectivity index (χ3v) is 6.24. The lowest BCUT2D eigenvalue weighted by Gasteiger charge is -2.16. The molecule has 0 N–H and O–H groups in total. The maximum absolute atomic E-state index is 14.2. The summed E-state index contributed by atoms with van der Waals surface area (Å²) in [5, 5.41) is 4.30. The molecule has 1 unspecified atom stereocenters. The molecule has 0 amide bonds. The van der Waals surface area contributed by atoms with Crippen molar-refractivity contribution >= 4 is 5.69 Å². The highest BCUT2D eigenvalue weighted by molar-refractivity contribution is 5.61. The van der Waals surface area contributed by atoms with Gasteiger partial charge in [0.05, 0.1) is 11.8 Å². The molecule has 6 heteroatoms. The number of aryl methyl sites for hydroxylation is 1. The second-order valence-electron chi connectivity index (χ2n) is 7.78. The highest BCUT2D eigenvalue weighted by atomic mass is 19.1. The number of benzene rings is 1. The first kappa shape index (κ1) is 17.1. The third kappa shape index (κ3) is 2.34. The molecule has 0 bridgehead atoms. The maximum atomic E-state index is 14.2. The molecule has 1 aromatic carbocycles. The first-order valence-corrected chi connectivity index (χ1v) is 9.57. The Morgan fingerprint density at radius 1 is 1.18 bits per heavy atom. The van der Waals surface area contributed by atoms with Crippen LogP contribution in [0.25, 0.3) is 11.4 Å². The zero-order valence-corrected chi connectivity index (χ0v) is 16.3. The van der Waals surface area contributed by atoms with Gasteiger partial charge in [-0.05, 0) is 31.2 Å². The summed E-state index contributed by atoms with van der Waals surface area (Å²) in [6, 6.07) is 13.8. The van der Waals surface area contributed by atoms with Gasteiger partial charge in [-0.15, -0.1) is 0 Å². The summed E-state index contributed by atoms with van der Waals surface area (Å²) in [4.78, 5) is 2.26. The summed E-state index contributed by atoms with van der Waals surface area (Å²) in [5.41, 5.74) is 4.27. The molecule has 2 aliphatic heterocycles. The van der Waals surface area contributed by atoms with Gasteiger partial charge in [0.15, 0.2) is 18.8 Å². The smallest absolute Gasteiger partial charge is 0.231 e. The number of hydrogen-bond acceptors (Lipinski definition) is 2. The normalized spacial score (nSPS) is 25.2. The van der Waals surface area contributed by atoms with Gasteiger partial charge in [0.1, 0.15) is 23.4 Å². The van der Waals surface area contributed by atoms with E-state index < -0.39 is 0 Å². The molecule has 3 atom stereocenters. The molecular formula is C22H24FN5+2. The standard InChI is InChI=1S/C22H24FN5/c1-16-22-25(2)12-13-28(16,22)21-8-7-18(23)14-17(21)15-27-11-5-4-6-20(27)19-9-10-24-26(19)3/h4-14,16,22H,15H2,1-3H3/q+2/t16-,22-,28?/m0/s1. The largest absolute Gasteiger partial charge is 0.321 e. The number of pyridine rings is 1. The number of nitrogens with zero attached hydrogens (tertiary/aromatic N) is 5. The molecule has 4 heterocycles. The van der Waals surface area contributed by atoms with Crippen molar-refractivity contribution < 1.29 is 8.96 Å². The van der Waals surface area contributed by atoms with Gasteiger partial charge in [0, 0.05) is 38.5 Å². The number of aromatic nitrogens is 3. The zero-order chi connectivity index (χ0) is 19.5. The van der Waals surface area contributed by atoms with Gasteiger partial charge in [-0.2, -0.15) is 9.67 Å². The molecule has 0 spiro atoms. The fraction of sp³-hybridized carbons (Fsp3) is 0.273. The molecule has 2 aromatic heterocycles. The van der Waals surface area contributed by atoms with E-state index in [1.54, 1.807) is 18.3 Å². The number of rotatable bonds is 4. The van der Waals surface area contributed by atoms with Gasteiger partial charge < -0.3 is 4.90 Å². The quantitative estimate of drug-likeness (QED) is 0.397. The Balaban J connectivity index is 1.59. The van der Waals surface area contributed by atoms with Crippen molar-refractivity contribution in [1.82, 2.24) is 19.2 Å². The zero-order valence-electron chi connectivity index (χ0n) is 16.3. The van der Waals surface area contributed by atoms with Crippen molar-refractivity contribution in [3.8, 4) is 11.4 Å². The molecule has 1 saturated heterocycles. The lowest BCUT2D eigenvalue weighted by Crippen LogP contribution is -2.38. The average molecular weight is 377 g/mol. The van der Waals surface area contributed by atoms with Crippen LogP contribution in [-0.4, -0.2) is 33.9 Å². The third-order valence-electron chi connectivity index (χ3n) is 6.24. The molecule has 28 heavy (non-hydrogen) atoms. The SMILES string of the molecule is C[C@H]1[C@H]2N(C)C=C[N+]12c1ccc(F)cc1C[n+]1ccccc1-c1ccnn1C. The summed E-state index contributed by atoms with van der Waals surface area (Å²) in [7, 11) is 4.05. The highest BCUT2D eigenvalue weighted by Gasteiger charge is 2.69. The van der Waals surface area contributed by atoms with Gasteiger partial charge in [-0.1, -0.05) is 0 Å². The highest BCUT2D eigenvalue weighted by Crippen LogP contribution is 2.52. The Hall–Kier alpha value is -2.99. The van der Waals surface area contributed by atoms with Crippen LogP contribution in [0.4, 0.5) is 10.1 Å². The van der Waals surface area contributed by atoms with Crippen molar-refractivity contribution in [2.75, 3.05) is 7.05 Å². The van der Waals surface area contributed by atoms with Gasteiger partial charge in [-0.25, -0.2) is 8.87 Å². The topological polar surface area (TPSA) is 24.9 Å². The monoisotopic (exact) mass is 377 g/mol. The molecule has 3 aromatic rings. The minimum atomic E-state index is -0.196. The van der Waals surface area contributed by atoms with Crippen molar-refractivity contribution in [3.63, 3.8) is 0 Å². The molecule has 0 aliphatic carbocycles. The van der Waals surface area contributed by atoms with Crippen LogP contribution < -0.4 is 9.05 Å². The number of halogens is 1. The van der Waals surface area contributed by atoms with Crippen LogP contribution in [-0.2, 0) is 13.6 Å². The molecule has 0 saturated carbocycles. The van der Waals surface area contributed by atoms with Crippen LogP contribution in [0.3, 0.4) is 0 Å². The summed E-state index contributed by atoms with van der Waals surface area (Å²) in [5.74, 6) is -0.196. The van der Waals surface area contributed by atoms with E-state index in [1.807, 2.05) is 42.2 Å². The van der Waals surface area contributed by atoms with Crippen LogP contribution in [0.15, 0.2) is 67.3 Å². The van der Waals surface area contributed by atoms with Gasteiger partial charge in [0.25, 0.3) is 0 Å². The first-order valence-electron chi connectivity index (χ1n) is 9.57. The van der Waals surface area contributed by atoms with Crippen molar-refractivity contribution in [2.45, 2.75) is 25.7 Å². The Kier molecular flexibility index (Phi) is 3.67. The Bertz CT molecular complexity index is 1090. The van der Waals surface area contributed by atoms with Crippen LogP contribution in [0.2, 0.25) is 0 Å². The Morgan fingerprint density at radius 3 is 2.75 bits per heavy atom. The molecule has 0 radical (unpaired) electrons. The molecular weight excluding hydrogens is 353 g/mol. The number of quaternary nitrogens is 1. The average Bonchev–Trinajstić information content (AvgIpc) is 2.96. The van der Waals surface area contributed by atoms with Crippen LogP contribution >= 0.6 is 0 Å². The van der Waals surface area contributed by atoms with Gasteiger partial charge in [0.2, 0.25) is 11.9 Å². The summed E-state index contributed by atoms with van der Waals surface area (Å²) < 4.78 is 19.0. The maximum Gasteiger partial charge on any atom is 0.231 e. The van der Waals surface area contributed by atoms with E-state index in [0.717, 1.165) is 21.4 Å². The second kappa shape index (κ2) is 6.01. The predicted molar refractivity (Wildman–Crippen MR) is 106 cm³/mol. The van der Waals surface area contributed by atoms with Gasteiger partial charge in [-0.3, -0.25) is 4.68 Å². The number of hydrogen-bond donors (Lipinski definition) is 0. The molecule has 5 nitrogen and oxygen atoms in total. The van der Waals surface area contributed by atoms with E-state index >= 15 is 0 Å². The number of likely N-dealkylation sites (N-methyl/N-ethyl adjacent to an activating group) is 1. The Labute approximate surface area is 164 Å². The van der Waals surface area contributed by atoms with E-state index in [-0.39, 0.29) is 5.82 Å². The minimum Gasteiger partial charge on any atom is -0.321 e. The van der Waals surface area contributed by atoms with E-state index in [2.05, 4.69) is 47.0 Å². The van der Waals surface area contributed by atoms with E-state index in [0.29, 0.717) is 18.8 Å². The molecule has 142 valence electrons. The fourth-order valence-electron chi connectivity index (χ4n) is 4.82. The van der Waals surface area contributed by atoms with E-state index in [1.165, 1.54) is 5.69 Å². The Morgan fingerprint density at radius 2 is 2.04 bits per heavy atom. The van der Waals surface area contributed by atoms with Crippen LogP contribution in [0.1, 0.15) is 12.5 Å². The fourth-order valence-corrected chi connectivity index (χ4v) is 4.82. The van der Waals surface area contributed by atoms with Gasteiger partial charge >= 0.3 is 0 Å². The number of fused-ring (bicyclic) bond motifs is 1. The van der Waals surface area contributed by atoms with Crippen LogP contribution in [0.5, 0.6) is 0 Å². The van der Waals surface area contributed by atoms with Crippen molar-refractivity contribution in [2.24, 2.45) is 7.05 Å². The lowest BCUT2D eigenvalue weighted by molar-refractivity contribution is -0.677. The lowest BCUT2D eigenvalue weighted by atomic mass is 10.1. The predicted octanol–water partition coefficient (Wildman–Crippen LogP) is 3.01. The van der Waals surface area contributed by atoms with E-state index in [9.17, 15) is 4.39 Å². The summed E-state index contributed by atoms with van der Waals surface area (Å²) >= 11 is 0. The first-order chi connectivity index (χ1) is 13.5. The van der Waals surface area contributed by atoms with Crippen molar-refractivity contribution in [3.05, 3.63) is 78.6 Å². The minimum absolute atomic E-state index is 0.196. The molecule has 1 fully saturated rings. The molecule has 2 aliphatic rings. The van der Waals surface area contributed by atoms with Crippen molar-refractivity contribution in [1.29, 1.82) is 0 Å². The van der Waals surface area contributed by atoms with E-state index in [4.69, 9.17) is 0 Å².